The van der Waals surface area contributed by atoms with Crippen molar-refractivity contribution in [3.05, 3.63) is 0 Å². The summed E-state index contributed by atoms with van der Waals surface area (Å²) in [5, 5.41) is 4.70. The van der Waals surface area contributed by atoms with Crippen LogP contribution < -0.4 is 10.6 Å². The first kappa shape index (κ1) is 14.0. The summed E-state index contributed by atoms with van der Waals surface area (Å²) in [5.74, 6) is -1.17. The first-order chi connectivity index (χ1) is 8.85. The Balaban J connectivity index is 1.82. The monoisotopic (exact) mass is 288 g/mol. The first-order valence-electron chi connectivity index (χ1n) is 6.19. The lowest BCUT2D eigenvalue weighted by Crippen LogP contribution is -2.52. The van der Waals surface area contributed by atoms with Crippen molar-refractivity contribution in [2.45, 2.75) is 31.7 Å². The van der Waals surface area contributed by atoms with E-state index in [0.717, 1.165) is 0 Å². The second kappa shape index (κ2) is 5.28. The van der Waals surface area contributed by atoms with E-state index < -0.39 is 21.8 Å². The minimum Gasteiger partial charge on any atom is -0.344 e. The summed E-state index contributed by atoms with van der Waals surface area (Å²) in [6.07, 6.45) is 1.09. The van der Waals surface area contributed by atoms with Crippen LogP contribution in [0.2, 0.25) is 0 Å². The van der Waals surface area contributed by atoms with Crippen LogP contribution in [0.3, 0.4) is 0 Å². The fraction of sp³-hybridized carbons (Fsp3) is 0.727. The normalized spacial score (nSPS) is 29.9. The molecule has 0 saturated carbocycles. The lowest BCUT2D eigenvalue weighted by atomic mass is 10.0. The minimum atomic E-state index is -3.00. The lowest BCUT2D eigenvalue weighted by Gasteiger charge is -2.22. The van der Waals surface area contributed by atoms with Crippen molar-refractivity contribution < 1.29 is 22.8 Å². The number of piperidine rings is 1. The maximum absolute atomic E-state index is 11.7. The molecule has 2 aliphatic rings. The van der Waals surface area contributed by atoms with Gasteiger partial charge in [0.1, 0.15) is 6.04 Å². The Morgan fingerprint density at radius 3 is 2.63 bits per heavy atom. The van der Waals surface area contributed by atoms with Crippen molar-refractivity contribution in [3.8, 4) is 0 Å². The van der Waals surface area contributed by atoms with Crippen molar-refractivity contribution in [1.29, 1.82) is 0 Å². The number of sulfone groups is 1. The zero-order chi connectivity index (χ0) is 14.0. The molecule has 0 spiro atoms. The van der Waals surface area contributed by atoms with Gasteiger partial charge in [-0.25, -0.2) is 8.42 Å². The standard InChI is InChI=1S/C11H16N2O5S/c14-9-2-1-8(11(16)13-9)12-10(15)5-7-3-4-19(17,18)6-7/h7-8H,1-6H2,(H,12,15)(H,13,14,16). The van der Waals surface area contributed by atoms with E-state index in [2.05, 4.69) is 10.6 Å². The van der Waals surface area contributed by atoms with Gasteiger partial charge in [-0.05, 0) is 18.8 Å². The highest BCUT2D eigenvalue weighted by molar-refractivity contribution is 7.91. The van der Waals surface area contributed by atoms with Gasteiger partial charge in [0.05, 0.1) is 11.5 Å². The number of hydrogen-bond donors (Lipinski definition) is 2. The Morgan fingerprint density at radius 1 is 1.32 bits per heavy atom. The van der Waals surface area contributed by atoms with Crippen LogP contribution in [0.5, 0.6) is 0 Å². The first-order valence-corrected chi connectivity index (χ1v) is 8.01. The number of nitrogens with one attached hydrogen (secondary N) is 2. The van der Waals surface area contributed by atoms with E-state index in [0.29, 0.717) is 12.8 Å². The van der Waals surface area contributed by atoms with E-state index in [1.807, 2.05) is 0 Å². The number of imide groups is 1. The van der Waals surface area contributed by atoms with Crippen molar-refractivity contribution in [1.82, 2.24) is 10.6 Å². The largest absolute Gasteiger partial charge is 0.344 e. The van der Waals surface area contributed by atoms with E-state index in [1.54, 1.807) is 0 Å². The number of hydrogen-bond acceptors (Lipinski definition) is 5. The molecule has 2 aliphatic heterocycles. The summed E-state index contributed by atoms with van der Waals surface area (Å²) < 4.78 is 22.5. The van der Waals surface area contributed by atoms with Crippen molar-refractivity contribution >= 4 is 27.6 Å². The summed E-state index contributed by atoms with van der Waals surface area (Å²) in [6, 6.07) is -0.691. The average Bonchev–Trinajstić information content (AvgIpc) is 2.62. The summed E-state index contributed by atoms with van der Waals surface area (Å²) in [6.45, 7) is 0. The number of rotatable bonds is 3. The molecule has 19 heavy (non-hydrogen) atoms. The Kier molecular flexibility index (Phi) is 3.88. The SMILES string of the molecule is O=C1CCC(NC(=O)CC2CCS(=O)(=O)C2)C(=O)N1. The van der Waals surface area contributed by atoms with Crippen LogP contribution >= 0.6 is 0 Å². The van der Waals surface area contributed by atoms with Crippen molar-refractivity contribution in [3.63, 3.8) is 0 Å². The molecule has 0 aromatic heterocycles. The predicted molar refractivity (Wildman–Crippen MR) is 65.7 cm³/mol. The van der Waals surface area contributed by atoms with Gasteiger partial charge in [-0.3, -0.25) is 19.7 Å². The van der Waals surface area contributed by atoms with Gasteiger partial charge < -0.3 is 5.32 Å². The van der Waals surface area contributed by atoms with E-state index >= 15 is 0 Å². The molecule has 2 rings (SSSR count). The molecule has 0 aliphatic carbocycles. The molecule has 7 nitrogen and oxygen atoms in total. The second-order valence-corrected chi connectivity index (χ2v) is 7.27. The number of amides is 3. The van der Waals surface area contributed by atoms with Gasteiger partial charge in [0.25, 0.3) is 0 Å². The third-order valence-corrected chi connectivity index (χ3v) is 5.21. The molecule has 0 bridgehead atoms. The Bertz CT molecular complexity index is 513. The second-order valence-electron chi connectivity index (χ2n) is 5.04. The molecule has 2 heterocycles. The molecule has 2 fully saturated rings. The smallest absolute Gasteiger partial charge is 0.249 e. The summed E-state index contributed by atoms with van der Waals surface area (Å²) in [4.78, 5) is 34.1. The molecule has 0 aromatic rings. The van der Waals surface area contributed by atoms with Gasteiger partial charge in [-0.1, -0.05) is 0 Å². The molecule has 0 aromatic carbocycles. The lowest BCUT2D eigenvalue weighted by molar-refractivity contribution is -0.137. The van der Waals surface area contributed by atoms with E-state index in [-0.39, 0.29) is 42.1 Å². The zero-order valence-corrected chi connectivity index (χ0v) is 11.2. The van der Waals surface area contributed by atoms with Crippen LogP contribution in [0, 0.1) is 5.92 Å². The van der Waals surface area contributed by atoms with Crippen LogP contribution in [-0.2, 0) is 24.2 Å². The fourth-order valence-corrected chi connectivity index (χ4v) is 4.24. The van der Waals surface area contributed by atoms with Crippen LogP contribution in [0.4, 0.5) is 0 Å². The molecule has 2 unspecified atom stereocenters. The quantitative estimate of drug-likeness (QED) is 0.629. The minimum absolute atomic E-state index is 0.0375. The number of carbonyl (C=O) groups excluding carboxylic acids is 3. The fourth-order valence-electron chi connectivity index (χ4n) is 2.38. The van der Waals surface area contributed by atoms with Crippen LogP contribution in [0.25, 0.3) is 0 Å². The average molecular weight is 288 g/mol. The van der Waals surface area contributed by atoms with Crippen molar-refractivity contribution in [2.24, 2.45) is 5.92 Å². The Morgan fingerprint density at radius 2 is 2.05 bits per heavy atom. The van der Waals surface area contributed by atoms with Gasteiger partial charge in [0.15, 0.2) is 9.84 Å². The molecule has 8 heteroatoms. The maximum atomic E-state index is 11.7. The summed E-state index contributed by atoms with van der Waals surface area (Å²) in [7, 11) is -3.00. The third-order valence-electron chi connectivity index (χ3n) is 3.38. The van der Waals surface area contributed by atoms with E-state index in [1.165, 1.54) is 0 Å². The Hall–Kier alpha value is -1.44. The number of carbonyl (C=O) groups is 3. The van der Waals surface area contributed by atoms with E-state index in [9.17, 15) is 22.8 Å². The van der Waals surface area contributed by atoms with Gasteiger partial charge in [0.2, 0.25) is 17.7 Å². The maximum Gasteiger partial charge on any atom is 0.249 e. The predicted octanol–water partition coefficient (Wildman–Crippen LogP) is -1.27. The Labute approximate surface area is 111 Å². The third kappa shape index (κ3) is 3.76. The molecule has 2 saturated heterocycles. The van der Waals surface area contributed by atoms with Crippen LogP contribution in [0.1, 0.15) is 25.7 Å². The summed E-state index contributed by atoms with van der Waals surface area (Å²) >= 11 is 0. The molecule has 0 radical (unpaired) electrons. The topological polar surface area (TPSA) is 109 Å². The highest BCUT2D eigenvalue weighted by Crippen LogP contribution is 2.21. The van der Waals surface area contributed by atoms with Crippen LogP contribution in [0.15, 0.2) is 0 Å². The van der Waals surface area contributed by atoms with Gasteiger partial charge >= 0.3 is 0 Å². The molecule has 2 atom stereocenters. The summed E-state index contributed by atoms with van der Waals surface area (Å²) in [5.41, 5.74) is 0. The highest BCUT2D eigenvalue weighted by Gasteiger charge is 2.32. The van der Waals surface area contributed by atoms with Gasteiger partial charge in [-0.15, -0.1) is 0 Å². The van der Waals surface area contributed by atoms with Crippen LogP contribution in [-0.4, -0.2) is 43.7 Å². The zero-order valence-electron chi connectivity index (χ0n) is 10.3. The molecule has 3 amide bonds. The van der Waals surface area contributed by atoms with Crippen molar-refractivity contribution in [2.75, 3.05) is 11.5 Å². The van der Waals surface area contributed by atoms with Gasteiger partial charge in [0, 0.05) is 12.8 Å². The molecule has 2 N–H and O–H groups in total. The molecular weight excluding hydrogens is 272 g/mol. The molecule has 106 valence electrons. The highest BCUT2D eigenvalue weighted by atomic mass is 32.2. The molecular formula is C11H16N2O5S. The van der Waals surface area contributed by atoms with E-state index in [4.69, 9.17) is 0 Å². The van der Waals surface area contributed by atoms with Gasteiger partial charge in [-0.2, -0.15) is 0 Å².